The van der Waals surface area contributed by atoms with Crippen LogP contribution in [-0.2, 0) is 0 Å². The molecule has 0 aliphatic rings. The minimum atomic E-state index is -0.558. The molecular formula is C10H14ClF2N. The molecule has 0 bridgehead atoms. The van der Waals surface area contributed by atoms with E-state index in [0.29, 0.717) is 12.0 Å². The lowest BCUT2D eigenvalue weighted by Gasteiger charge is -2.12. The lowest BCUT2D eigenvalue weighted by Crippen LogP contribution is -2.13. The van der Waals surface area contributed by atoms with Crippen LogP contribution in [0, 0.1) is 18.6 Å². The molecule has 0 saturated heterocycles. The van der Waals surface area contributed by atoms with Crippen molar-refractivity contribution in [2.24, 2.45) is 5.73 Å². The first kappa shape index (κ1) is 13.3. The smallest absolute Gasteiger partial charge is 0.133 e. The third kappa shape index (κ3) is 2.42. The SMILES string of the molecule is CC[C@H](N)c1c(F)ccc(C)c1F.Cl. The molecule has 0 heterocycles. The largest absolute Gasteiger partial charge is 0.324 e. The number of halogens is 3. The maximum Gasteiger partial charge on any atom is 0.133 e. The van der Waals surface area contributed by atoms with E-state index in [2.05, 4.69) is 0 Å². The summed E-state index contributed by atoms with van der Waals surface area (Å²) < 4.78 is 26.5. The molecule has 0 amide bonds. The van der Waals surface area contributed by atoms with Gasteiger partial charge in [0.25, 0.3) is 0 Å². The molecule has 1 aromatic rings. The lowest BCUT2D eigenvalue weighted by atomic mass is 10.0. The Morgan fingerprint density at radius 3 is 2.43 bits per heavy atom. The quantitative estimate of drug-likeness (QED) is 0.816. The summed E-state index contributed by atoms with van der Waals surface area (Å²) in [4.78, 5) is 0. The van der Waals surface area contributed by atoms with E-state index in [4.69, 9.17) is 5.73 Å². The van der Waals surface area contributed by atoms with Crippen LogP contribution >= 0.6 is 12.4 Å². The minimum Gasteiger partial charge on any atom is -0.324 e. The summed E-state index contributed by atoms with van der Waals surface area (Å²) in [6.45, 7) is 3.40. The number of rotatable bonds is 2. The molecule has 1 rings (SSSR count). The van der Waals surface area contributed by atoms with Crippen molar-refractivity contribution in [1.29, 1.82) is 0 Å². The van der Waals surface area contributed by atoms with Gasteiger partial charge in [0, 0.05) is 11.6 Å². The Morgan fingerprint density at radius 1 is 1.36 bits per heavy atom. The maximum absolute atomic E-state index is 13.4. The summed E-state index contributed by atoms with van der Waals surface area (Å²) >= 11 is 0. The monoisotopic (exact) mass is 221 g/mol. The Morgan fingerprint density at radius 2 is 1.93 bits per heavy atom. The molecule has 0 aliphatic carbocycles. The highest BCUT2D eigenvalue weighted by molar-refractivity contribution is 5.85. The molecule has 4 heteroatoms. The minimum absolute atomic E-state index is 0. The van der Waals surface area contributed by atoms with Gasteiger partial charge in [0.2, 0.25) is 0 Å². The molecule has 0 aromatic heterocycles. The Hall–Kier alpha value is -0.670. The molecule has 0 radical (unpaired) electrons. The van der Waals surface area contributed by atoms with E-state index in [0.717, 1.165) is 0 Å². The normalized spacial score (nSPS) is 12.1. The highest BCUT2D eigenvalue weighted by atomic mass is 35.5. The van der Waals surface area contributed by atoms with Crippen molar-refractivity contribution >= 4 is 12.4 Å². The third-order valence-electron chi connectivity index (χ3n) is 2.13. The molecule has 1 aromatic carbocycles. The average molecular weight is 222 g/mol. The average Bonchev–Trinajstić information content (AvgIpc) is 2.12. The van der Waals surface area contributed by atoms with Crippen LogP contribution in [0.4, 0.5) is 8.78 Å². The Bertz CT molecular complexity index is 315. The van der Waals surface area contributed by atoms with Crippen LogP contribution < -0.4 is 5.73 Å². The van der Waals surface area contributed by atoms with Crippen LogP contribution in [-0.4, -0.2) is 0 Å². The number of aryl methyl sites for hydroxylation is 1. The van der Waals surface area contributed by atoms with Crippen molar-refractivity contribution in [3.8, 4) is 0 Å². The van der Waals surface area contributed by atoms with Gasteiger partial charge < -0.3 is 5.73 Å². The fraction of sp³-hybridized carbons (Fsp3) is 0.400. The molecule has 0 aliphatic heterocycles. The van der Waals surface area contributed by atoms with Crippen molar-refractivity contribution in [3.05, 3.63) is 34.9 Å². The predicted molar refractivity (Wildman–Crippen MR) is 55.6 cm³/mol. The molecule has 80 valence electrons. The van der Waals surface area contributed by atoms with E-state index in [-0.39, 0.29) is 18.0 Å². The van der Waals surface area contributed by atoms with Gasteiger partial charge in [-0.25, -0.2) is 8.78 Å². The lowest BCUT2D eigenvalue weighted by molar-refractivity contribution is 0.516. The molecular weight excluding hydrogens is 208 g/mol. The van der Waals surface area contributed by atoms with E-state index >= 15 is 0 Å². The fourth-order valence-corrected chi connectivity index (χ4v) is 1.22. The number of nitrogens with two attached hydrogens (primary N) is 1. The summed E-state index contributed by atoms with van der Waals surface area (Å²) in [6.07, 6.45) is 0.525. The van der Waals surface area contributed by atoms with Crippen LogP contribution in [0.3, 0.4) is 0 Å². The highest BCUT2D eigenvalue weighted by Crippen LogP contribution is 2.23. The zero-order chi connectivity index (χ0) is 10.0. The molecule has 0 saturated carbocycles. The van der Waals surface area contributed by atoms with E-state index in [9.17, 15) is 8.78 Å². The zero-order valence-corrected chi connectivity index (χ0v) is 9.00. The second kappa shape index (κ2) is 5.27. The molecule has 2 N–H and O–H groups in total. The van der Waals surface area contributed by atoms with Crippen molar-refractivity contribution in [2.45, 2.75) is 26.3 Å². The molecule has 14 heavy (non-hydrogen) atoms. The number of hydrogen-bond donors (Lipinski definition) is 1. The fourth-order valence-electron chi connectivity index (χ4n) is 1.22. The summed E-state index contributed by atoms with van der Waals surface area (Å²) in [7, 11) is 0. The van der Waals surface area contributed by atoms with Gasteiger partial charge in [-0.3, -0.25) is 0 Å². The first-order valence-corrected chi connectivity index (χ1v) is 4.28. The van der Waals surface area contributed by atoms with Gasteiger partial charge in [-0.2, -0.15) is 0 Å². The molecule has 0 unspecified atom stereocenters. The van der Waals surface area contributed by atoms with E-state index < -0.39 is 17.7 Å². The number of benzene rings is 1. The molecule has 1 nitrogen and oxygen atoms in total. The Kier molecular flexibility index (Phi) is 5.02. The summed E-state index contributed by atoms with van der Waals surface area (Å²) in [5, 5.41) is 0. The first-order valence-electron chi connectivity index (χ1n) is 4.28. The maximum atomic E-state index is 13.4. The van der Waals surface area contributed by atoms with E-state index in [1.54, 1.807) is 13.8 Å². The standard InChI is InChI=1S/C10H13F2N.ClH/c1-3-8(13)9-7(11)5-4-6(2)10(9)12;/h4-5,8H,3,13H2,1-2H3;1H/t8-;/m0./s1. The predicted octanol–water partition coefficient (Wildman–Crippen LogP) is 3.10. The summed E-state index contributed by atoms with van der Waals surface area (Å²) in [5.74, 6) is -1.08. The first-order chi connectivity index (χ1) is 6.07. The second-order valence-electron chi connectivity index (χ2n) is 3.11. The van der Waals surface area contributed by atoms with Gasteiger partial charge in [0.05, 0.1) is 0 Å². The number of hydrogen-bond acceptors (Lipinski definition) is 1. The van der Waals surface area contributed by atoms with E-state index in [1.807, 2.05) is 0 Å². The molecule has 0 spiro atoms. The van der Waals surface area contributed by atoms with Crippen molar-refractivity contribution in [1.82, 2.24) is 0 Å². The van der Waals surface area contributed by atoms with Crippen LogP contribution in [0.25, 0.3) is 0 Å². The van der Waals surface area contributed by atoms with Gasteiger partial charge in [0.1, 0.15) is 11.6 Å². The Labute approximate surface area is 88.7 Å². The van der Waals surface area contributed by atoms with Crippen LogP contribution in [0.5, 0.6) is 0 Å². The Balaban J connectivity index is 0.00000169. The van der Waals surface area contributed by atoms with Crippen LogP contribution in [0.15, 0.2) is 12.1 Å². The zero-order valence-electron chi connectivity index (χ0n) is 8.18. The van der Waals surface area contributed by atoms with Crippen LogP contribution in [0.2, 0.25) is 0 Å². The van der Waals surface area contributed by atoms with Crippen molar-refractivity contribution < 1.29 is 8.78 Å². The molecule has 1 atom stereocenters. The van der Waals surface area contributed by atoms with Crippen molar-refractivity contribution in [3.63, 3.8) is 0 Å². The van der Waals surface area contributed by atoms with Crippen molar-refractivity contribution in [2.75, 3.05) is 0 Å². The van der Waals surface area contributed by atoms with Gasteiger partial charge >= 0.3 is 0 Å². The highest BCUT2D eigenvalue weighted by Gasteiger charge is 2.16. The molecule has 0 fully saturated rings. The van der Waals surface area contributed by atoms with Gasteiger partial charge in [-0.05, 0) is 25.0 Å². The summed E-state index contributed by atoms with van der Waals surface area (Å²) in [5.41, 5.74) is 6.02. The second-order valence-corrected chi connectivity index (χ2v) is 3.11. The van der Waals surface area contributed by atoms with Gasteiger partial charge in [-0.15, -0.1) is 12.4 Å². The van der Waals surface area contributed by atoms with Gasteiger partial charge in [-0.1, -0.05) is 13.0 Å². The topological polar surface area (TPSA) is 26.0 Å². The van der Waals surface area contributed by atoms with E-state index in [1.165, 1.54) is 12.1 Å². The van der Waals surface area contributed by atoms with Gasteiger partial charge in [0.15, 0.2) is 0 Å². The summed E-state index contributed by atoms with van der Waals surface area (Å²) in [6, 6.07) is 2.11. The van der Waals surface area contributed by atoms with Crippen LogP contribution in [0.1, 0.15) is 30.5 Å². The third-order valence-corrected chi connectivity index (χ3v) is 2.13.